The zero-order valence-electron chi connectivity index (χ0n) is 60.0. The van der Waals surface area contributed by atoms with E-state index in [0.717, 1.165) is 55.3 Å². The summed E-state index contributed by atoms with van der Waals surface area (Å²) in [5, 5.41) is 25.5. The normalized spacial score (nSPS) is 13.1. The van der Waals surface area contributed by atoms with E-state index < -0.39 is 12.2 Å². The fourth-order valence-electron chi connectivity index (χ4n) is 17.7. The highest BCUT2D eigenvalue weighted by Gasteiger charge is 2.31. The summed E-state index contributed by atoms with van der Waals surface area (Å²) < 4.78 is 7.17. The second-order valence-electron chi connectivity index (χ2n) is 29.0. The van der Waals surface area contributed by atoms with Gasteiger partial charge in [0, 0.05) is 59.7 Å². The fourth-order valence-corrected chi connectivity index (χ4v) is 25.9. The van der Waals surface area contributed by atoms with Crippen LogP contribution in [-0.4, -0.2) is 23.1 Å². The van der Waals surface area contributed by atoms with Crippen molar-refractivity contribution in [2.24, 2.45) is 0 Å². The lowest BCUT2D eigenvalue weighted by atomic mass is 9.96. The molecule has 5 nitrogen and oxygen atoms in total. The fraction of sp³-hybridized carbons (Fsp3) is 0. The molecule has 0 bridgehead atoms. The van der Waals surface area contributed by atoms with Gasteiger partial charge in [-0.05, 0) is 159 Å². The average Bonchev–Trinajstić information content (AvgIpc) is 1.63. The maximum absolute atomic E-state index is 6.94. The summed E-state index contributed by atoms with van der Waals surface area (Å²) in [5.41, 5.74) is 17.9. The molecule has 9 heteroatoms. The standard InChI is InChI=1S/C53H34N3PS.C49H31N2PS/c58-57(40-13-2-1-3-14-40,56-48-19-9-6-16-43(48)44-17-7-10-20-49(44)56)41-30-26-36(27-31-41)35-22-24-37(25-23-35)39-29-32-45-46-33-28-38-12-4-5-15-42(38)52(46)53-54-47-18-8-11-21-50(47)55(53)51(45)34-39;53-52(38-14-2-1-3-15-38,47-20-10-13-32-11-4-6-16-40(32)47)39-26-23-35-29-34(21-22-36(35)30-39)37-25-27-42-46(31-37)51-45-19-9-8-18-44(45)50-49(51)43-28-24-33-12-5-7-17-41(33)48(42)43/h1-34H;1-31H. The summed E-state index contributed by atoms with van der Waals surface area (Å²) >= 11 is 13.8. The van der Waals surface area contributed by atoms with Crippen LogP contribution >= 0.6 is 12.2 Å². The van der Waals surface area contributed by atoms with E-state index in [9.17, 15) is 0 Å². The largest absolute Gasteiger partial charge is 0.304 e. The predicted molar refractivity (Wildman–Crippen MR) is 483 cm³/mol. The molecule has 520 valence electrons. The van der Waals surface area contributed by atoms with Crippen molar-refractivity contribution in [3.63, 3.8) is 0 Å². The molecular formula is C102H65N5P2S2. The average molecular weight is 1490 g/mol. The van der Waals surface area contributed by atoms with Crippen LogP contribution in [0, 0.1) is 0 Å². The van der Waals surface area contributed by atoms with E-state index in [1.54, 1.807) is 0 Å². The molecule has 0 N–H and O–H groups in total. The van der Waals surface area contributed by atoms with Gasteiger partial charge in [0.25, 0.3) is 0 Å². The van der Waals surface area contributed by atoms with Crippen LogP contribution < -0.4 is 26.5 Å². The van der Waals surface area contributed by atoms with Crippen molar-refractivity contribution in [3.05, 3.63) is 394 Å². The molecule has 0 fully saturated rings. The van der Waals surface area contributed by atoms with Crippen LogP contribution in [0.2, 0.25) is 0 Å². The van der Waals surface area contributed by atoms with Crippen molar-refractivity contribution in [1.82, 2.24) is 23.1 Å². The SMILES string of the molecule is S=P(c1ccccc1)(c1ccc(-c2ccc(-c3ccc4c5ccc6ccccc6c5c5nc6ccccc6n5c4c3)cc2)cc1)n1c2ccccc2c2ccccc21.S=P(c1ccccc1)(c1ccc2cc(-c3ccc4c5c6ccccc6ccc5c5nc6ccccc6n5c4c3)ccc2c1)c1cccc2ccccc12. The molecule has 2 atom stereocenters. The van der Waals surface area contributed by atoms with Crippen molar-refractivity contribution < 1.29 is 0 Å². The van der Waals surface area contributed by atoms with Gasteiger partial charge in [-0.1, -0.05) is 351 Å². The van der Waals surface area contributed by atoms with Gasteiger partial charge in [0.05, 0.1) is 50.3 Å². The highest BCUT2D eigenvalue weighted by Crippen LogP contribution is 2.52. The van der Waals surface area contributed by atoms with Crippen molar-refractivity contribution >= 4 is 204 Å². The third-order valence-electron chi connectivity index (χ3n) is 22.9. The number of rotatable bonds is 9. The number of hydrogen-bond acceptors (Lipinski definition) is 4. The highest BCUT2D eigenvalue weighted by atomic mass is 32.4. The first kappa shape index (κ1) is 65.2. The van der Waals surface area contributed by atoms with Gasteiger partial charge in [-0.25, -0.2) is 9.97 Å². The van der Waals surface area contributed by atoms with Gasteiger partial charge in [0.15, 0.2) is 0 Å². The molecule has 18 aromatic carbocycles. The molecule has 0 aliphatic rings. The van der Waals surface area contributed by atoms with E-state index in [1.807, 2.05) is 0 Å². The molecule has 5 heterocycles. The molecule has 23 aromatic rings. The first-order valence-corrected chi connectivity index (χ1v) is 43.2. The van der Waals surface area contributed by atoms with Crippen molar-refractivity contribution in [3.8, 4) is 33.4 Å². The zero-order valence-corrected chi connectivity index (χ0v) is 63.4. The maximum atomic E-state index is 6.94. The van der Waals surface area contributed by atoms with Gasteiger partial charge in [0.2, 0.25) is 0 Å². The van der Waals surface area contributed by atoms with E-state index in [1.165, 1.54) is 146 Å². The van der Waals surface area contributed by atoms with E-state index in [2.05, 4.69) is 407 Å². The minimum absolute atomic E-state index is 0.989. The summed E-state index contributed by atoms with van der Waals surface area (Å²) in [7, 11) is 0. The lowest BCUT2D eigenvalue weighted by Gasteiger charge is -2.27. The number of para-hydroxylation sites is 6. The minimum Gasteiger partial charge on any atom is -0.304 e. The number of pyridine rings is 2. The van der Waals surface area contributed by atoms with Crippen molar-refractivity contribution in [2.75, 3.05) is 0 Å². The second kappa shape index (κ2) is 25.9. The van der Waals surface area contributed by atoms with Gasteiger partial charge in [-0.2, -0.15) is 0 Å². The van der Waals surface area contributed by atoms with Crippen LogP contribution in [-0.2, 0) is 23.6 Å². The summed E-state index contributed by atoms with van der Waals surface area (Å²) in [5.74, 6) is 0. The van der Waals surface area contributed by atoms with Crippen LogP contribution in [0.5, 0.6) is 0 Å². The van der Waals surface area contributed by atoms with Gasteiger partial charge in [-0.15, -0.1) is 0 Å². The molecule has 0 aliphatic heterocycles. The van der Waals surface area contributed by atoms with Crippen LogP contribution in [0.3, 0.4) is 0 Å². The second-order valence-corrected chi connectivity index (χ2v) is 37.5. The van der Waals surface area contributed by atoms with Gasteiger partial charge >= 0.3 is 0 Å². The molecule has 0 saturated carbocycles. The Balaban J connectivity index is 0.000000137. The minimum atomic E-state index is -2.51. The first-order valence-electron chi connectivity index (χ1n) is 37.6. The third-order valence-corrected chi connectivity index (χ3v) is 32.6. The highest BCUT2D eigenvalue weighted by molar-refractivity contribution is 8.25. The number of hydrogen-bond donors (Lipinski definition) is 0. The van der Waals surface area contributed by atoms with Crippen LogP contribution in [0.4, 0.5) is 0 Å². The molecule has 0 amide bonds. The molecule has 5 aromatic heterocycles. The summed E-state index contributed by atoms with van der Waals surface area (Å²) in [6.45, 7) is 0. The Bertz CT molecular complexity index is 7840. The number of imidazole rings is 2. The first-order chi connectivity index (χ1) is 54.8. The summed E-state index contributed by atoms with van der Waals surface area (Å²) in [6, 6.07) is 140. The lowest BCUT2D eigenvalue weighted by molar-refractivity contribution is 1.32. The van der Waals surface area contributed by atoms with E-state index in [0.29, 0.717) is 0 Å². The molecular weight excluding hydrogens is 1420 g/mol. The Hall–Kier alpha value is -13.0. The van der Waals surface area contributed by atoms with Crippen molar-refractivity contribution in [2.45, 2.75) is 0 Å². The molecule has 0 saturated heterocycles. The van der Waals surface area contributed by atoms with E-state index >= 15 is 0 Å². The lowest BCUT2D eigenvalue weighted by Crippen LogP contribution is -2.25. The predicted octanol–water partition coefficient (Wildman–Crippen LogP) is 25.0. The quantitative estimate of drug-likeness (QED) is 0.107. The Morgan fingerprint density at radius 2 is 0.604 bits per heavy atom. The smallest absolute Gasteiger partial charge is 0.147 e. The van der Waals surface area contributed by atoms with Crippen LogP contribution in [0.1, 0.15) is 0 Å². The topological polar surface area (TPSA) is 39.5 Å². The molecule has 0 radical (unpaired) electrons. The Morgan fingerprint density at radius 1 is 0.216 bits per heavy atom. The molecule has 2 unspecified atom stereocenters. The Kier molecular flexibility index (Phi) is 15.2. The molecule has 0 aliphatic carbocycles. The molecule has 111 heavy (non-hydrogen) atoms. The number of benzene rings is 18. The number of nitrogens with zero attached hydrogens (tertiary/aromatic N) is 5. The molecule has 0 spiro atoms. The number of aromatic nitrogens is 5. The third kappa shape index (κ3) is 10.3. The zero-order chi connectivity index (χ0) is 73.5. The Labute approximate surface area is 649 Å². The summed E-state index contributed by atoms with van der Waals surface area (Å²) in [4.78, 5) is 10.4. The molecule has 23 rings (SSSR count). The van der Waals surface area contributed by atoms with Gasteiger partial charge in [-0.3, -0.25) is 8.80 Å². The van der Waals surface area contributed by atoms with Crippen LogP contribution in [0.25, 0.3) is 175 Å². The van der Waals surface area contributed by atoms with E-state index in [4.69, 9.17) is 33.6 Å². The summed E-state index contributed by atoms with van der Waals surface area (Å²) in [6.07, 6.45) is -2.51. The van der Waals surface area contributed by atoms with E-state index in [-0.39, 0.29) is 0 Å². The van der Waals surface area contributed by atoms with Gasteiger partial charge < -0.3 is 4.34 Å². The monoisotopic (exact) mass is 1490 g/mol. The maximum Gasteiger partial charge on any atom is 0.147 e. The number of fused-ring (bicyclic) bond motifs is 25. The van der Waals surface area contributed by atoms with Crippen molar-refractivity contribution in [1.29, 1.82) is 0 Å². The van der Waals surface area contributed by atoms with Gasteiger partial charge in [0.1, 0.15) is 11.3 Å². The Morgan fingerprint density at radius 3 is 1.25 bits per heavy atom. The van der Waals surface area contributed by atoms with Crippen LogP contribution in [0.15, 0.2) is 394 Å².